The van der Waals surface area contributed by atoms with Crippen LogP contribution in [-0.4, -0.2) is 13.6 Å². The van der Waals surface area contributed by atoms with E-state index in [0.717, 1.165) is 12.1 Å². The number of hydrogen-bond acceptors (Lipinski definition) is 1. The monoisotopic (exact) mass is 153 g/mol. The van der Waals surface area contributed by atoms with Crippen LogP contribution in [0.5, 0.6) is 0 Å². The van der Waals surface area contributed by atoms with Crippen LogP contribution in [0.4, 0.5) is 4.39 Å². The second-order valence-corrected chi connectivity index (χ2v) is 2.49. The molecule has 1 N–H and O–H groups in total. The van der Waals surface area contributed by atoms with Crippen molar-refractivity contribution in [2.24, 2.45) is 0 Å². The number of likely N-dealkylation sites (N-methyl/N-ethyl adjacent to an activating group) is 1. The first-order valence-corrected chi connectivity index (χ1v) is 3.69. The topological polar surface area (TPSA) is 12.0 Å². The average molecular weight is 153 g/mol. The first-order chi connectivity index (χ1) is 5.33. The van der Waals surface area contributed by atoms with Gasteiger partial charge in [-0.2, -0.15) is 0 Å². The highest BCUT2D eigenvalue weighted by atomic mass is 19.1. The third-order valence-corrected chi connectivity index (χ3v) is 1.50. The van der Waals surface area contributed by atoms with Crippen molar-refractivity contribution >= 4 is 0 Å². The molecule has 0 heterocycles. The molecule has 0 saturated carbocycles. The zero-order valence-electron chi connectivity index (χ0n) is 6.60. The van der Waals surface area contributed by atoms with Crippen molar-refractivity contribution in [3.63, 3.8) is 0 Å². The lowest BCUT2D eigenvalue weighted by atomic mass is 10.2. The molecule has 60 valence electrons. The molecule has 1 aliphatic carbocycles. The summed E-state index contributed by atoms with van der Waals surface area (Å²) in [7, 11) is 1.87. The van der Waals surface area contributed by atoms with Gasteiger partial charge in [-0.25, -0.2) is 4.39 Å². The molecule has 0 aromatic heterocycles. The van der Waals surface area contributed by atoms with Crippen LogP contribution in [-0.2, 0) is 0 Å². The van der Waals surface area contributed by atoms with Crippen LogP contribution in [0.3, 0.4) is 0 Å². The van der Waals surface area contributed by atoms with Crippen LogP contribution in [0.15, 0.2) is 35.7 Å². The zero-order chi connectivity index (χ0) is 8.10. The average Bonchev–Trinajstić information content (AvgIpc) is 2.17. The Morgan fingerprint density at radius 2 is 2.36 bits per heavy atom. The molecule has 0 unspecified atom stereocenters. The first kappa shape index (κ1) is 8.21. The lowest BCUT2D eigenvalue weighted by Gasteiger charge is -1.96. The molecule has 0 spiro atoms. The van der Waals surface area contributed by atoms with Gasteiger partial charge in [0.05, 0.1) is 0 Å². The highest BCUT2D eigenvalue weighted by molar-refractivity contribution is 5.29. The Kier molecular flexibility index (Phi) is 3.05. The smallest absolute Gasteiger partial charge is 0.104 e. The van der Waals surface area contributed by atoms with Crippen LogP contribution >= 0.6 is 0 Å². The molecular weight excluding hydrogens is 141 g/mol. The third-order valence-electron chi connectivity index (χ3n) is 1.50. The second kappa shape index (κ2) is 4.09. The number of nitrogens with one attached hydrogen (secondary N) is 1. The lowest BCUT2D eigenvalue weighted by Crippen LogP contribution is -2.08. The summed E-state index contributed by atoms with van der Waals surface area (Å²) in [5.74, 6) is -0.0765. The number of allylic oxidation sites excluding steroid dienone is 4. The van der Waals surface area contributed by atoms with Crippen molar-refractivity contribution in [3.8, 4) is 0 Å². The number of hydrogen-bond donors (Lipinski definition) is 1. The van der Waals surface area contributed by atoms with Gasteiger partial charge in [0, 0.05) is 13.0 Å². The fraction of sp³-hybridized carbons (Fsp3) is 0.333. The molecule has 11 heavy (non-hydrogen) atoms. The molecule has 1 aliphatic rings. The summed E-state index contributed by atoms with van der Waals surface area (Å²) in [6.07, 6.45) is 7.52. The van der Waals surface area contributed by atoms with Gasteiger partial charge in [-0.05, 0) is 18.7 Å². The molecule has 1 rings (SSSR count). The fourth-order valence-corrected chi connectivity index (χ4v) is 0.966. The summed E-state index contributed by atoms with van der Waals surface area (Å²) in [6, 6.07) is 0. The molecule has 1 nitrogen and oxygen atoms in total. The van der Waals surface area contributed by atoms with Crippen molar-refractivity contribution in [2.45, 2.75) is 6.42 Å². The predicted octanol–water partition coefficient (Wildman–Crippen LogP) is 1.95. The second-order valence-electron chi connectivity index (χ2n) is 2.49. The van der Waals surface area contributed by atoms with Gasteiger partial charge >= 0.3 is 0 Å². The van der Waals surface area contributed by atoms with E-state index < -0.39 is 0 Å². The normalized spacial score (nSPS) is 17.3. The predicted molar refractivity (Wildman–Crippen MR) is 45.0 cm³/mol. The highest BCUT2D eigenvalue weighted by Crippen LogP contribution is 2.10. The maximum atomic E-state index is 12.6. The van der Waals surface area contributed by atoms with Crippen molar-refractivity contribution in [3.05, 3.63) is 35.7 Å². The minimum atomic E-state index is -0.0765. The van der Waals surface area contributed by atoms with Crippen LogP contribution in [0, 0.1) is 0 Å². The van der Waals surface area contributed by atoms with Gasteiger partial charge < -0.3 is 5.32 Å². The quantitative estimate of drug-likeness (QED) is 0.639. The largest absolute Gasteiger partial charge is 0.316 e. The summed E-state index contributed by atoms with van der Waals surface area (Å²) in [6.45, 7) is 0.792. The Bertz CT molecular complexity index is 214. The van der Waals surface area contributed by atoms with E-state index in [9.17, 15) is 4.39 Å². The van der Waals surface area contributed by atoms with E-state index in [-0.39, 0.29) is 5.83 Å². The SMILES string of the molecule is CNCC1=CC=C(F)CC=C1. The Morgan fingerprint density at radius 1 is 1.55 bits per heavy atom. The van der Waals surface area contributed by atoms with E-state index in [2.05, 4.69) is 5.32 Å². The maximum absolute atomic E-state index is 12.6. The lowest BCUT2D eigenvalue weighted by molar-refractivity contribution is 0.618. The van der Waals surface area contributed by atoms with Crippen LogP contribution in [0.25, 0.3) is 0 Å². The Balaban J connectivity index is 2.64. The van der Waals surface area contributed by atoms with E-state index >= 15 is 0 Å². The third kappa shape index (κ3) is 2.68. The maximum Gasteiger partial charge on any atom is 0.104 e. The molecule has 0 radical (unpaired) electrons. The molecule has 2 heteroatoms. The molecule has 0 aliphatic heterocycles. The van der Waals surface area contributed by atoms with Gasteiger partial charge in [0.2, 0.25) is 0 Å². The standard InChI is InChI=1S/C9H12FN/c1-11-7-8-3-2-4-9(10)6-5-8/h2-3,5-6,11H,4,7H2,1H3. The van der Waals surface area contributed by atoms with Crippen molar-refractivity contribution in [2.75, 3.05) is 13.6 Å². The summed E-state index contributed by atoms with van der Waals surface area (Å²) in [5.41, 5.74) is 1.11. The van der Waals surface area contributed by atoms with E-state index in [0.29, 0.717) is 6.42 Å². The molecule has 0 aromatic rings. The number of rotatable bonds is 2. The van der Waals surface area contributed by atoms with Crippen molar-refractivity contribution in [1.29, 1.82) is 0 Å². The summed E-state index contributed by atoms with van der Waals surface area (Å²) in [4.78, 5) is 0. The fourth-order valence-electron chi connectivity index (χ4n) is 0.966. The van der Waals surface area contributed by atoms with Crippen LogP contribution < -0.4 is 5.32 Å². The van der Waals surface area contributed by atoms with Gasteiger partial charge in [0.1, 0.15) is 5.83 Å². The molecule has 0 atom stereocenters. The molecule has 0 saturated heterocycles. The zero-order valence-corrected chi connectivity index (χ0v) is 6.60. The Morgan fingerprint density at radius 3 is 3.09 bits per heavy atom. The van der Waals surface area contributed by atoms with Gasteiger partial charge in [0.25, 0.3) is 0 Å². The van der Waals surface area contributed by atoms with E-state index in [4.69, 9.17) is 0 Å². The van der Waals surface area contributed by atoms with Gasteiger partial charge in [0.15, 0.2) is 0 Å². The molecule has 0 bridgehead atoms. The number of halogens is 1. The van der Waals surface area contributed by atoms with Gasteiger partial charge in [-0.3, -0.25) is 0 Å². The van der Waals surface area contributed by atoms with E-state index in [1.54, 1.807) is 6.08 Å². The molecule has 0 fully saturated rings. The van der Waals surface area contributed by atoms with Crippen molar-refractivity contribution in [1.82, 2.24) is 5.32 Å². The first-order valence-electron chi connectivity index (χ1n) is 3.69. The Labute approximate surface area is 66.3 Å². The summed E-state index contributed by atoms with van der Waals surface area (Å²) >= 11 is 0. The molecule has 0 amide bonds. The van der Waals surface area contributed by atoms with E-state index in [1.807, 2.05) is 19.2 Å². The van der Waals surface area contributed by atoms with Crippen LogP contribution in [0.1, 0.15) is 6.42 Å². The summed E-state index contributed by atoms with van der Waals surface area (Å²) < 4.78 is 12.6. The summed E-state index contributed by atoms with van der Waals surface area (Å²) in [5, 5.41) is 3.01. The molecule has 0 aromatic carbocycles. The highest BCUT2D eigenvalue weighted by Gasteiger charge is 1.95. The van der Waals surface area contributed by atoms with Crippen molar-refractivity contribution < 1.29 is 4.39 Å². The van der Waals surface area contributed by atoms with Crippen LogP contribution in [0.2, 0.25) is 0 Å². The Hall–Kier alpha value is -0.890. The van der Waals surface area contributed by atoms with Gasteiger partial charge in [-0.15, -0.1) is 0 Å². The minimum Gasteiger partial charge on any atom is -0.316 e. The minimum absolute atomic E-state index is 0.0765. The van der Waals surface area contributed by atoms with Gasteiger partial charge in [-0.1, -0.05) is 18.2 Å². The molecular formula is C9H12FN. The van der Waals surface area contributed by atoms with E-state index in [1.165, 1.54) is 6.08 Å².